The number of carbonyl (C=O) groups is 1. The molecule has 33 heavy (non-hydrogen) atoms. The first-order chi connectivity index (χ1) is 15.5. The van der Waals surface area contributed by atoms with Gasteiger partial charge < -0.3 is 14.5 Å². The zero-order valence-electron chi connectivity index (χ0n) is 18.6. The third-order valence-electron chi connectivity index (χ3n) is 5.37. The van der Waals surface area contributed by atoms with Crippen molar-refractivity contribution in [1.82, 2.24) is 8.87 Å². The lowest BCUT2D eigenvalue weighted by atomic mass is 10.1. The summed E-state index contributed by atoms with van der Waals surface area (Å²) in [6.45, 7) is 7.82. The number of halogens is 2. The molecule has 0 spiro atoms. The van der Waals surface area contributed by atoms with Crippen LogP contribution in [0.1, 0.15) is 20.8 Å². The number of fused-ring (bicyclic) bond motifs is 1. The highest BCUT2D eigenvalue weighted by molar-refractivity contribution is 9.10. The second kappa shape index (κ2) is 8.85. The highest BCUT2D eigenvalue weighted by Crippen LogP contribution is 2.36. The smallest absolute Gasteiger partial charge is 0.410 e. The van der Waals surface area contributed by atoms with Crippen molar-refractivity contribution in [3.05, 3.63) is 58.2 Å². The predicted molar refractivity (Wildman–Crippen MR) is 134 cm³/mol. The summed E-state index contributed by atoms with van der Waals surface area (Å²) in [7, 11) is -3.84. The van der Waals surface area contributed by atoms with Gasteiger partial charge in [0.15, 0.2) is 0 Å². The van der Waals surface area contributed by atoms with E-state index in [2.05, 4.69) is 20.8 Å². The molecular weight excluding hydrogens is 530 g/mol. The summed E-state index contributed by atoms with van der Waals surface area (Å²) in [5.41, 5.74) is 0.933. The van der Waals surface area contributed by atoms with E-state index in [-0.39, 0.29) is 11.0 Å². The van der Waals surface area contributed by atoms with Crippen molar-refractivity contribution in [2.75, 3.05) is 31.1 Å². The number of rotatable bonds is 3. The molecule has 0 N–H and O–H groups in total. The van der Waals surface area contributed by atoms with Crippen LogP contribution in [0.15, 0.2) is 58.0 Å². The molecule has 2 heterocycles. The summed E-state index contributed by atoms with van der Waals surface area (Å²) < 4.78 is 34.1. The molecule has 1 saturated heterocycles. The molecule has 7 nitrogen and oxygen atoms in total. The van der Waals surface area contributed by atoms with Gasteiger partial charge in [-0.3, -0.25) is 0 Å². The normalized spacial score (nSPS) is 15.2. The van der Waals surface area contributed by atoms with Crippen molar-refractivity contribution >= 4 is 60.2 Å². The summed E-state index contributed by atoms with van der Waals surface area (Å²) >= 11 is 9.55. The largest absolute Gasteiger partial charge is 0.444 e. The number of anilines is 1. The van der Waals surface area contributed by atoms with E-state index in [0.717, 1.165) is 11.1 Å². The Morgan fingerprint density at radius 3 is 2.39 bits per heavy atom. The van der Waals surface area contributed by atoms with Gasteiger partial charge in [-0.05, 0) is 73.1 Å². The fourth-order valence-corrected chi connectivity index (χ4v) is 6.17. The maximum atomic E-state index is 13.3. The second-order valence-corrected chi connectivity index (χ2v) is 12.0. The maximum Gasteiger partial charge on any atom is 0.410 e. The van der Waals surface area contributed by atoms with Crippen molar-refractivity contribution in [1.29, 1.82) is 0 Å². The minimum absolute atomic E-state index is 0.121. The standard InChI is InChI=1S/C23H25BrClN3O4S/c1-23(2,3)32-22(29)27-13-11-26(12-14-27)20-8-7-19(24)21-18(20)9-10-28(21)33(30,31)17-6-4-5-16(25)15-17/h4-10,15H,11-14H2,1-3H3. The van der Waals surface area contributed by atoms with Crippen molar-refractivity contribution < 1.29 is 17.9 Å². The Bertz CT molecular complexity index is 1310. The number of hydrogen-bond acceptors (Lipinski definition) is 5. The Morgan fingerprint density at radius 2 is 1.76 bits per heavy atom. The summed E-state index contributed by atoms with van der Waals surface area (Å²) in [5, 5.41) is 1.16. The van der Waals surface area contributed by atoms with Gasteiger partial charge in [-0.25, -0.2) is 17.2 Å². The van der Waals surface area contributed by atoms with Crippen LogP contribution < -0.4 is 4.90 Å². The summed E-state index contributed by atoms with van der Waals surface area (Å²) in [4.78, 5) is 16.4. The van der Waals surface area contributed by atoms with Gasteiger partial charge in [0.25, 0.3) is 10.0 Å². The molecule has 2 aromatic carbocycles. The summed E-state index contributed by atoms with van der Waals surface area (Å²) in [6.07, 6.45) is 1.24. The fraction of sp³-hybridized carbons (Fsp3) is 0.348. The fourth-order valence-electron chi connectivity index (χ4n) is 3.85. The highest BCUT2D eigenvalue weighted by Gasteiger charge is 2.28. The molecule has 1 aliphatic heterocycles. The van der Waals surface area contributed by atoms with Crippen LogP contribution in [-0.2, 0) is 14.8 Å². The Labute approximate surface area is 207 Å². The lowest BCUT2D eigenvalue weighted by Gasteiger charge is -2.37. The quantitative estimate of drug-likeness (QED) is 0.436. The molecule has 0 aliphatic carbocycles. The Hall–Kier alpha value is -2.23. The number of nitrogens with zero attached hydrogens (tertiary/aromatic N) is 3. The van der Waals surface area contributed by atoms with Gasteiger partial charge in [0.05, 0.1) is 10.4 Å². The predicted octanol–water partition coefficient (Wildman–Crippen LogP) is 5.35. The third kappa shape index (κ3) is 4.85. The van der Waals surface area contributed by atoms with Gasteiger partial charge in [-0.15, -0.1) is 0 Å². The molecular formula is C23H25BrClN3O4S. The molecule has 10 heteroatoms. The van der Waals surface area contributed by atoms with E-state index in [1.165, 1.54) is 16.1 Å². The van der Waals surface area contributed by atoms with Crippen LogP contribution in [0.2, 0.25) is 5.02 Å². The number of benzene rings is 2. The molecule has 3 aromatic rings. The van der Waals surface area contributed by atoms with Crippen molar-refractivity contribution in [3.8, 4) is 0 Å². The van der Waals surface area contributed by atoms with Crippen molar-refractivity contribution in [2.45, 2.75) is 31.3 Å². The van der Waals surface area contributed by atoms with Crippen LogP contribution in [-0.4, -0.2) is 55.2 Å². The number of amides is 1. The van der Waals surface area contributed by atoms with Crippen molar-refractivity contribution in [2.24, 2.45) is 0 Å². The molecule has 0 radical (unpaired) electrons. The highest BCUT2D eigenvalue weighted by atomic mass is 79.9. The minimum atomic E-state index is -3.84. The number of aromatic nitrogens is 1. The Balaban J connectivity index is 1.64. The average Bonchev–Trinajstić information content (AvgIpc) is 3.20. The maximum absolute atomic E-state index is 13.3. The number of carbonyl (C=O) groups excluding carboxylic acids is 1. The van der Waals surface area contributed by atoms with Gasteiger partial charge in [0.1, 0.15) is 5.60 Å². The number of ether oxygens (including phenoxy) is 1. The van der Waals surface area contributed by atoms with E-state index >= 15 is 0 Å². The monoisotopic (exact) mass is 553 g/mol. The van der Waals surface area contributed by atoms with E-state index in [1.807, 2.05) is 32.9 Å². The lowest BCUT2D eigenvalue weighted by molar-refractivity contribution is 0.0240. The first-order valence-corrected chi connectivity index (χ1v) is 13.1. The van der Waals surface area contributed by atoms with Gasteiger partial charge in [0.2, 0.25) is 0 Å². The van der Waals surface area contributed by atoms with Crippen molar-refractivity contribution in [3.63, 3.8) is 0 Å². The molecule has 0 atom stereocenters. The van der Waals surface area contributed by atoms with E-state index < -0.39 is 15.6 Å². The van der Waals surface area contributed by atoms with Crippen LogP contribution in [0.5, 0.6) is 0 Å². The molecule has 0 unspecified atom stereocenters. The molecule has 0 bridgehead atoms. The Morgan fingerprint density at radius 1 is 1.06 bits per heavy atom. The van der Waals surface area contributed by atoms with Gasteiger partial charge >= 0.3 is 6.09 Å². The van der Waals surface area contributed by atoms with Gasteiger partial charge in [-0.1, -0.05) is 17.7 Å². The molecule has 1 aromatic heterocycles. The van der Waals surface area contributed by atoms with Crippen LogP contribution in [0.3, 0.4) is 0 Å². The molecule has 1 amide bonds. The van der Waals surface area contributed by atoms with Crippen LogP contribution >= 0.6 is 27.5 Å². The minimum Gasteiger partial charge on any atom is -0.444 e. The Kier molecular flexibility index (Phi) is 6.41. The zero-order valence-corrected chi connectivity index (χ0v) is 21.7. The number of piperazine rings is 1. The first-order valence-electron chi connectivity index (χ1n) is 10.5. The molecule has 0 saturated carbocycles. The summed E-state index contributed by atoms with van der Waals surface area (Å²) in [6, 6.07) is 11.8. The molecule has 4 rings (SSSR count). The number of hydrogen-bond donors (Lipinski definition) is 0. The van der Waals surface area contributed by atoms with E-state index in [1.54, 1.807) is 29.3 Å². The second-order valence-electron chi connectivity index (χ2n) is 8.86. The van der Waals surface area contributed by atoms with E-state index in [0.29, 0.717) is 41.2 Å². The summed E-state index contributed by atoms with van der Waals surface area (Å²) in [5.74, 6) is 0. The topological polar surface area (TPSA) is 71.8 Å². The first kappa shape index (κ1) is 23.9. The van der Waals surface area contributed by atoms with E-state index in [4.69, 9.17) is 16.3 Å². The van der Waals surface area contributed by atoms with E-state index in [9.17, 15) is 13.2 Å². The van der Waals surface area contributed by atoms with Gasteiger partial charge in [-0.2, -0.15) is 0 Å². The van der Waals surface area contributed by atoms with Crippen LogP contribution in [0.4, 0.5) is 10.5 Å². The zero-order chi connectivity index (χ0) is 24.0. The van der Waals surface area contributed by atoms with Crippen LogP contribution in [0.25, 0.3) is 10.9 Å². The van der Waals surface area contributed by atoms with Gasteiger partial charge in [0, 0.05) is 52.9 Å². The average molecular weight is 555 g/mol. The lowest BCUT2D eigenvalue weighted by Crippen LogP contribution is -2.50. The molecule has 1 aliphatic rings. The SMILES string of the molecule is CC(C)(C)OC(=O)N1CCN(c2ccc(Br)c3c2ccn3S(=O)(=O)c2cccc(Cl)c2)CC1. The van der Waals surface area contributed by atoms with Crippen LogP contribution in [0, 0.1) is 0 Å². The third-order valence-corrected chi connectivity index (χ3v) is 7.91. The molecule has 1 fully saturated rings. The molecule has 176 valence electrons.